The van der Waals surface area contributed by atoms with Gasteiger partial charge in [-0.2, -0.15) is 0 Å². The van der Waals surface area contributed by atoms with Crippen LogP contribution in [0.25, 0.3) is 0 Å². The Bertz CT molecular complexity index is 76.8. The van der Waals surface area contributed by atoms with E-state index >= 15 is 0 Å². The van der Waals surface area contributed by atoms with E-state index in [-0.39, 0.29) is 0 Å². The lowest BCUT2D eigenvalue weighted by molar-refractivity contribution is 1.45. The van der Waals surface area contributed by atoms with E-state index in [1.54, 1.807) is 0 Å². The zero-order valence-electron chi connectivity index (χ0n) is 2.93. The SMILES string of the molecule is N=CC(=N)N=O. The molecule has 32 valence electrons. The van der Waals surface area contributed by atoms with Crippen LogP contribution in [0.15, 0.2) is 5.18 Å². The molecule has 0 heterocycles. The van der Waals surface area contributed by atoms with Crippen molar-refractivity contribution in [1.82, 2.24) is 0 Å². The van der Waals surface area contributed by atoms with Crippen molar-refractivity contribution in [3.05, 3.63) is 4.91 Å². The lowest BCUT2D eigenvalue weighted by Crippen LogP contribution is -1.86. The number of amidine groups is 1. The zero-order valence-corrected chi connectivity index (χ0v) is 2.93. The van der Waals surface area contributed by atoms with Crippen molar-refractivity contribution >= 4 is 12.1 Å². The average Bonchev–Trinajstić information content (AvgIpc) is 1.65. The van der Waals surface area contributed by atoms with Crippen LogP contribution in [0, 0.1) is 15.7 Å². The minimum absolute atomic E-state index is 0.546. The fourth-order valence-electron chi connectivity index (χ4n) is 0.0264. The first-order chi connectivity index (χ1) is 2.81. The van der Waals surface area contributed by atoms with E-state index in [0.29, 0.717) is 6.21 Å². The largest absolute Gasteiger partial charge is 0.305 e. The molecule has 0 fully saturated rings. The number of rotatable bonds is 1. The molecule has 4 heteroatoms. The molecule has 2 N–H and O–H groups in total. The highest BCUT2D eigenvalue weighted by Gasteiger charge is 1.78. The summed E-state index contributed by atoms with van der Waals surface area (Å²) >= 11 is 0. The minimum Gasteiger partial charge on any atom is -0.305 e. The van der Waals surface area contributed by atoms with Crippen molar-refractivity contribution in [1.29, 1.82) is 10.8 Å². The van der Waals surface area contributed by atoms with Crippen molar-refractivity contribution in [2.75, 3.05) is 0 Å². The maximum absolute atomic E-state index is 9.11. The van der Waals surface area contributed by atoms with Gasteiger partial charge < -0.3 is 5.41 Å². The second-order valence-electron chi connectivity index (χ2n) is 0.621. The molecule has 4 nitrogen and oxygen atoms in total. The molecule has 0 amide bonds. The van der Waals surface area contributed by atoms with E-state index in [0.717, 1.165) is 0 Å². The summed E-state index contributed by atoms with van der Waals surface area (Å²) in [4.78, 5) is 9.11. The van der Waals surface area contributed by atoms with Crippen LogP contribution in [0.4, 0.5) is 0 Å². The highest BCUT2D eigenvalue weighted by molar-refractivity contribution is 6.26. The van der Waals surface area contributed by atoms with Crippen LogP contribution in [0.3, 0.4) is 0 Å². The molecule has 0 radical (unpaired) electrons. The Kier molecular flexibility index (Phi) is 1.81. The Morgan fingerprint density at radius 1 is 1.83 bits per heavy atom. The quantitative estimate of drug-likeness (QED) is 0.269. The predicted octanol–water partition coefficient (Wildman–Crippen LogP) is 0.380. The van der Waals surface area contributed by atoms with Gasteiger partial charge in [-0.25, -0.2) is 0 Å². The van der Waals surface area contributed by atoms with Crippen molar-refractivity contribution < 1.29 is 0 Å². The summed E-state index contributed by atoms with van der Waals surface area (Å²) in [5, 5.41) is 14.5. The fourth-order valence-corrected chi connectivity index (χ4v) is 0.0264. The summed E-state index contributed by atoms with van der Waals surface area (Å²) in [6, 6.07) is 0. The number of nitrogens with zero attached hydrogens (tertiary/aromatic N) is 1. The fraction of sp³-hybridized carbons (Fsp3) is 0. The Hall–Kier alpha value is -1.06. The molecule has 0 aliphatic heterocycles. The van der Waals surface area contributed by atoms with Crippen LogP contribution in [0.5, 0.6) is 0 Å². The predicted molar refractivity (Wildman–Crippen MR) is 22.3 cm³/mol. The van der Waals surface area contributed by atoms with E-state index in [1.807, 2.05) is 0 Å². The maximum Gasteiger partial charge on any atom is 0.206 e. The number of hydrogen-bond acceptors (Lipinski definition) is 3. The maximum atomic E-state index is 9.11. The van der Waals surface area contributed by atoms with Crippen LogP contribution < -0.4 is 0 Å². The van der Waals surface area contributed by atoms with Gasteiger partial charge in [-0.15, -0.1) is 4.91 Å². The third kappa shape index (κ3) is 1.28. The van der Waals surface area contributed by atoms with Crippen molar-refractivity contribution in [3.8, 4) is 0 Å². The van der Waals surface area contributed by atoms with Gasteiger partial charge in [0.1, 0.15) is 0 Å². The number of hydrogen-bond donors (Lipinski definition) is 2. The molecule has 0 aliphatic carbocycles. The second kappa shape index (κ2) is 2.19. The molecule has 6 heavy (non-hydrogen) atoms. The molecule has 0 aromatic carbocycles. The molecule has 0 unspecified atom stereocenters. The van der Waals surface area contributed by atoms with Gasteiger partial charge in [-0.05, 0) is 5.18 Å². The van der Waals surface area contributed by atoms with Crippen LogP contribution in [0.1, 0.15) is 0 Å². The molecule has 0 atom stereocenters. The summed E-state index contributed by atoms with van der Waals surface area (Å²) in [5.41, 5.74) is 0. The Morgan fingerprint density at radius 3 is 2.33 bits per heavy atom. The smallest absolute Gasteiger partial charge is 0.206 e. The van der Waals surface area contributed by atoms with E-state index in [2.05, 4.69) is 5.18 Å². The van der Waals surface area contributed by atoms with Gasteiger partial charge >= 0.3 is 0 Å². The first kappa shape index (κ1) is 4.94. The third-order valence-electron chi connectivity index (χ3n) is 0.235. The summed E-state index contributed by atoms with van der Waals surface area (Å²) in [6.07, 6.45) is 0.576. The molecule has 0 aliphatic rings. The highest BCUT2D eigenvalue weighted by Crippen LogP contribution is 1.61. The van der Waals surface area contributed by atoms with Crippen molar-refractivity contribution in [3.63, 3.8) is 0 Å². The summed E-state index contributed by atoms with van der Waals surface area (Å²) < 4.78 is 0. The molecule has 0 saturated carbocycles. The average molecular weight is 85.1 g/mol. The molecular weight excluding hydrogens is 82.0 g/mol. The first-order valence-electron chi connectivity index (χ1n) is 1.23. The Labute approximate surface area is 34.2 Å². The monoisotopic (exact) mass is 85.0 g/mol. The van der Waals surface area contributed by atoms with E-state index < -0.39 is 5.84 Å². The standard InChI is InChI=1S/C2H3N3O/c3-1-2(4)5-6/h1,3-4H. The number of nitrogens with one attached hydrogen (secondary N) is 2. The van der Waals surface area contributed by atoms with Gasteiger partial charge in [0.15, 0.2) is 0 Å². The van der Waals surface area contributed by atoms with Gasteiger partial charge in [0, 0.05) is 0 Å². The Morgan fingerprint density at radius 2 is 2.33 bits per heavy atom. The molecule has 0 aromatic heterocycles. The summed E-state index contributed by atoms with van der Waals surface area (Å²) in [6.45, 7) is 0. The zero-order chi connectivity index (χ0) is 4.99. The van der Waals surface area contributed by atoms with Gasteiger partial charge in [0.25, 0.3) is 0 Å². The van der Waals surface area contributed by atoms with E-state index in [1.165, 1.54) is 0 Å². The molecule has 0 saturated heterocycles. The van der Waals surface area contributed by atoms with Gasteiger partial charge in [0.05, 0.1) is 6.21 Å². The summed E-state index contributed by atoms with van der Waals surface area (Å²) in [5.74, 6) is -0.546. The lowest BCUT2D eigenvalue weighted by atomic mass is 10.7. The topological polar surface area (TPSA) is 77.1 Å². The van der Waals surface area contributed by atoms with Gasteiger partial charge in [0.2, 0.25) is 5.84 Å². The minimum atomic E-state index is -0.546. The van der Waals surface area contributed by atoms with Gasteiger partial charge in [-0.3, -0.25) is 5.41 Å². The molecule has 0 bridgehead atoms. The van der Waals surface area contributed by atoms with Crippen LogP contribution in [-0.4, -0.2) is 12.1 Å². The van der Waals surface area contributed by atoms with Crippen LogP contribution in [0.2, 0.25) is 0 Å². The van der Waals surface area contributed by atoms with Gasteiger partial charge in [-0.1, -0.05) is 0 Å². The summed E-state index contributed by atoms with van der Waals surface area (Å²) in [7, 11) is 0. The van der Waals surface area contributed by atoms with E-state index in [9.17, 15) is 0 Å². The highest BCUT2D eigenvalue weighted by atomic mass is 16.3. The second-order valence-corrected chi connectivity index (χ2v) is 0.621. The van der Waals surface area contributed by atoms with Crippen LogP contribution in [-0.2, 0) is 0 Å². The molecule has 0 rings (SSSR count). The Balaban J connectivity index is 3.52. The van der Waals surface area contributed by atoms with Crippen molar-refractivity contribution in [2.24, 2.45) is 5.18 Å². The van der Waals surface area contributed by atoms with E-state index in [4.69, 9.17) is 15.7 Å². The molecule has 0 aromatic rings. The first-order valence-corrected chi connectivity index (χ1v) is 1.23. The lowest BCUT2D eigenvalue weighted by Gasteiger charge is -1.66. The molecule has 0 spiro atoms. The van der Waals surface area contributed by atoms with Crippen molar-refractivity contribution in [2.45, 2.75) is 0 Å². The normalized spacial score (nSPS) is 6.67. The molecular formula is C2H3N3O. The van der Waals surface area contributed by atoms with Crippen LogP contribution >= 0.6 is 0 Å². The number of nitroso groups, excluding NO2 is 1. The third-order valence-corrected chi connectivity index (χ3v) is 0.235.